The predicted molar refractivity (Wildman–Crippen MR) is 135 cm³/mol. The molecule has 1 aliphatic heterocycles. The lowest BCUT2D eigenvalue weighted by Crippen LogP contribution is -2.35. The number of aromatic nitrogens is 3. The number of hydrogen-bond donors (Lipinski definition) is 1. The fraction of sp³-hybridized carbons (Fsp3) is 0.556. The van der Waals surface area contributed by atoms with Crippen molar-refractivity contribution >= 4 is 11.5 Å². The molecule has 0 amide bonds. The normalized spacial score (nSPS) is 18.9. The lowest BCUT2D eigenvalue weighted by Gasteiger charge is -2.26. The Labute approximate surface area is 202 Å². The van der Waals surface area contributed by atoms with E-state index in [0.29, 0.717) is 18.5 Å². The van der Waals surface area contributed by atoms with Gasteiger partial charge in [0.15, 0.2) is 0 Å². The molecular formula is C27H37N5O2. The molecule has 1 atom stereocenters. The van der Waals surface area contributed by atoms with Gasteiger partial charge in [-0.05, 0) is 37.0 Å². The van der Waals surface area contributed by atoms with Crippen LogP contribution in [0.2, 0.25) is 0 Å². The molecule has 0 spiro atoms. The Hall–Kier alpha value is -2.48. The van der Waals surface area contributed by atoms with Crippen LogP contribution < -0.4 is 5.32 Å². The van der Waals surface area contributed by atoms with E-state index >= 15 is 0 Å². The van der Waals surface area contributed by atoms with Crippen molar-refractivity contribution in [2.75, 3.05) is 45.3 Å². The summed E-state index contributed by atoms with van der Waals surface area (Å²) in [6.07, 6.45) is 8.37. The maximum Gasteiger partial charge on any atom is 0.241 e. The van der Waals surface area contributed by atoms with Crippen LogP contribution in [0.25, 0.3) is 16.6 Å². The molecule has 1 N–H and O–H groups in total. The number of rotatable bonds is 8. The molecule has 0 radical (unpaired) electrons. The molecular weight excluding hydrogens is 426 g/mol. The predicted octanol–water partition coefficient (Wildman–Crippen LogP) is 4.72. The minimum absolute atomic E-state index is 0.148. The summed E-state index contributed by atoms with van der Waals surface area (Å²) in [5.41, 5.74) is 6.17. The summed E-state index contributed by atoms with van der Waals surface area (Å²) in [5, 5.41) is 8.31. The third-order valence-electron chi connectivity index (χ3n) is 7.14. The Balaban J connectivity index is 1.45. The number of fused-ring (bicyclic) bond motifs is 1. The molecule has 3 aromatic rings. The Bertz CT molecular complexity index is 1070. The molecule has 0 unspecified atom stereocenters. The first kappa shape index (κ1) is 23.3. The molecule has 34 heavy (non-hydrogen) atoms. The number of methoxy groups -OCH3 is 1. The second-order valence-corrected chi connectivity index (χ2v) is 9.78. The Morgan fingerprint density at radius 3 is 2.62 bits per heavy atom. The number of hydrogen-bond acceptors (Lipinski definition) is 6. The molecule has 182 valence electrons. The summed E-state index contributed by atoms with van der Waals surface area (Å²) in [7, 11) is 1.72. The highest BCUT2D eigenvalue weighted by Gasteiger charge is 2.23. The lowest BCUT2D eigenvalue weighted by atomic mass is 9.87. The number of benzene rings is 1. The largest absolute Gasteiger partial charge is 0.383 e. The van der Waals surface area contributed by atoms with E-state index in [2.05, 4.69) is 57.0 Å². The standard InChI is InChI=1S/C27H37N5O2/c1-20(19-33-2)29-27-28-17-26-24(16-25(32(26)30-27)23-6-4-3-5-7-23)22-10-8-21(9-11-22)18-31-12-14-34-15-13-31/h8-11,16-17,20,23H,3-7,12-15,18-19H2,1-2H3,(H,29,30)/t20-/m0/s1. The van der Waals surface area contributed by atoms with Crippen LogP contribution in [0.5, 0.6) is 0 Å². The van der Waals surface area contributed by atoms with Crippen LogP contribution in [0.3, 0.4) is 0 Å². The van der Waals surface area contributed by atoms with Crippen LogP contribution in [0.1, 0.15) is 56.2 Å². The summed E-state index contributed by atoms with van der Waals surface area (Å²) in [4.78, 5) is 7.11. The number of nitrogens with one attached hydrogen (secondary N) is 1. The zero-order valence-electron chi connectivity index (χ0n) is 20.5. The molecule has 7 nitrogen and oxygen atoms in total. The van der Waals surface area contributed by atoms with Crippen LogP contribution in [0.15, 0.2) is 36.5 Å². The van der Waals surface area contributed by atoms with E-state index in [1.165, 1.54) is 54.5 Å². The highest BCUT2D eigenvalue weighted by atomic mass is 16.5. The maximum atomic E-state index is 5.48. The van der Waals surface area contributed by atoms with Crippen molar-refractivity contribution in [3.63, 3.8) is 0 Å². The van der Waals surface area contributed by atoms with E-state index in [-0.39, 0.29) is 6.04 Å². The average molecular weight is 464 g/mol. The first-order chi connectivity index (χ1) is 16.7. The van der Waals surface area contributed by atoms with Crippen molar-refractivity contribution in [2.45, 2.75) is 57.5 Å². The molecule has 1 aromatic carbocycles. The maximum absolute atomic E-state index is 5.48. The molecule has 1 saturated carbocycles. The topological polar surface area (TPSA) is 63.9 Å². The van der Waals surface area contributed by atoms with Crippen molar-refractivity contribution in [3.05, 3.63) is 47.8 Å². The second kappa shape index (κ2) is 10.8. The highest BCUT2D eigenvalue weighted by molar-refractivity contribution is 5.81. The first-order valence-electron chi connectivity index (χ1n) is 12.7. The van der Waals surface area contributed by atoms with E-state index in [4.69, 9.17) is 14.6 Å². The van der Waals surface area contributed by atoms with Crippen LogP contribution in [-0.4, -0.2) is 65.6 Å². The quantitative estimate of drug-likeness (QED) is 0.521. The van der Waals surface area contributed by atoms with Crippen LogP contribution >= 0.6 is 0 Å². The zero-order valence-corrected chi connectivity index (χ0v) is 20.5. The molecule has 2 aliphatic rings. The molecule has 2 aromatic heterocycles. The van der Waals surface area contributed by atoms with Crippen molar-refractivity contribution in [2.24, 2.45) is 0 Å². The molecule has 1 aliphatic carbocycles. The smallest absolute Gasteiger partial charge is 0.241 e. The van der Waals surface area contributed by atoms with Crippen molar-refractivity contribution in [3.8, 4) is 11.1 Å². The van der Waals surface area contributed by atoms with Gasteiger partial charge in [0.2, 0.25) is 5.95 Å². The minimum Gasteiger partial charge on any atom is -0.383 e. The number of morpholine rings is 1. The molecule has 2 fully saturated rings. The highest BCUT2D eigenvalue weighted by Crippen LogP contribution is 2.37. The summed E-state index contributed by atoms with van der Waals surface area (Å²) in [5.74, 6) is 1.20. The van der Waals surface area contributed by atoms with Gasteiger partial charge in [-0.1, -0.05) is 43.5 Å². The summed E-state index contributed by atoms with van der Waals surface area (Å²) in [6.45, 7) is 7.36. The van der Waals surface area contributed by atoms with Crippen LogP contribution in [-0.2, 0) is 16.0 Å². The van der Waals surface area contributed by atoms with E-state index in [1.807, 2.05) is 6.20 Å². The SMILES string of the molecule is COC[C@H](C)Nc1ncc2c(-c3ccc(CN4CCOCC4)cc3)cc(C3CCCCC3)n2n1. The van der Waals surface area contributed by atoms with Gasteiger partial charge < -0.3 is 14.8 Å². The van der Waals surface area contributed by atoms with Gasteiger partial charge in [-0.15, -0.1) is 5.10 Å². The van der Waals surface area contributed by atoms with Crippen LogP contribution in [0, 0.1) is 0 Å². The monoisotopic (exact) mass is 463 g/mol. The Morgan fingerprint density at radius 2 is 1.88 bits per heavy atom. The zero-order chi connectivity index (χ0) is 23.3. The van der Waals surface area contributed by atoms with Crippen molar-refractivity contribution < 1.29 is 9.47 Å². The van der Waals surface area contributed by atoms with Crippen molar-refractivity contribution in [1.82, 2.24) is 19.5 Å². The fourth-order valence-electron chi connectivity index (χ4n) is 5.32. The number of anilines is 1. The fourth-order valence-corrected chi connectivity index (χ4v) is 5.32. The molecule has 3 heterocycles. The van der Waals surface area contributed by atoms with Crippen molar-refractivity contribution in [1.29, 1.82) is 0 Å². The molecule has 1 saturated heterocycles. The van der Waals surface area contributed by atoms with E-state index in [1.54, 1.807) is 7.11 Å². The average Bonchev–Trinajstić information content (AvgIpc) is 3.25. The third kappa shape index (κ3) is 5.27. The number of nitrogens with zero attached hydrogens (tertiary/aromatic N) is 4. The Kier molecular flexibility index (Phi) is 7.42. The van der Waals surface area contributed by atoms with Gasteiger partial charge in [-0.25, -0.2) is 9.50 Å². The summed E-state index contributed by atoms with van der Waals surface area (Å²) < 4.78 is 12.9. The molecule has 5 rings (SSSR count). The van der Waals surface area contributed by atoms with Gasteiger partial charge in [-0.3, -0.25) is 4.90 Å². The first-order valence-corrected chi connectivity index (χ1v) is 12.7. The van der Waals surface area contributed by atoms with E-state index < -0.39 is 0 Å². The Morgan fingerprint density at radius 1 is 1.12 bits per heavy atom. The van der Waals surface area contributed by atoms with Gasteiger partial charge in [0, 0.05) is 50.0 Å². The summed E-state index contributed by atoms with van der Waals surface area (Å²) in [6, 6.07) is 11.5. The van der Waals surface area contributed by atoms with E-state index in [9.17, 15) is 0 Å². The van der Waals surface area contributed by atoms with Gasteiger partial charge in [0.1, 0.15) is 0 Å². The second-order valence-electron chi connectivity index (χ2n) is 9.78. The van der Waals surface area contributed by atoms with Gasteiger partial charge in [-0.2, -0.15) is 0 Å². The van der Waals surface area contributed by atoms with Gasteiger partial charge in [0.05, 0.1) is 31.5 Å². The number of ether oxygens (including phenoxy) is 2. The van der Waals surface area contributed by atoms with Gasteiger partial charge in [0.25, 0.3) is 0 Å². The lowest BCUT2D eigenvalue weighted by molar-refractivity contribution is 0.0342. The minimum atomic E-state index is 0.148. The third-order valence-corrected chi connectivity index (χ3v) is 7.14. The van der Waals surface area contributed by atoms with Gasteiger partial charge >= 0.3 is 0 Å². The molecule has 0 bridgehead atoms. The summed E-state index contributed by atoms with van der Waals surface area (Å²) >= 11 is 0. The van der Waals surface area contributed by atoms with E-state index in [0.717, 1.165) is 38.4 Å². The van der Waals surface area contributed by atoms with Crippen LogP contribution in [0.4, 0.5) is 5.95 Å². The molecule has 7 heteroatoms.